The third-order valence-electron chi connectivity index (χ3n) is 3.71. The second-order valence-corrected chi connectivity index (χ2v) is 5.14. The van der Waals surface area contributed by atoms with Crippen molar-refractivity contribution in [2.75, 3.05) is 19.8 Å². The highest BCUT2D eigenvalue weighted by molar-refractivity contribution is 5.96. The Morgan fingerprint density at radius 1 is 1.35 bits per heavy atom. The standard InChI is InChI=1S/C15H23N3O2/c1-3-12-14(13(4-2)18-10-17-12)15(19)16-8-11-6-5-7-20-9-11/h10-11H,3-9H2,1-2H3,(H,16,19). The zero-order chi connectivity index (χ0) is 14.4. The van der Waals surface area contributed by atoms with Crippen LogP contribution < -0.4 is 5.32 Å². The smallest absolute Gasteiger partial charge is 0.255 e. The predicted octanol–water partition coefficient (Wildman–Crippen LogP) is 1.76. The van der Waals surface area contributed by atoms with Gasteiger partial charge in [-0.2, -0.15) is 0 Å². The van der Waals surface area contributed by atoms with E-state index < -0.39 is 0 Å². The van der Waals surface area contributed by atoms with E-state index in [4.69, 9.17) is 4.74 Å². The molecule has 1 saturated heterocycles. The van der Waals surface area contributed by atoms with Gasteiger partial charge in [0.15, 0.2) is 0 Å². The first kappa shape index (κ1) is 14.9. The molecule has 1 aromatic heterocycles. The van der Waals surface area contributed by atoms with E-state index in [1.54, 1.807) is 6.33 Å². The average Bonchev–Trinajstić information content (AvgIpc) is 2.52. The van der Waals surface area contributed by atoms with Gasteiger partial charge in [0.25, 0.3) is 5.91 Å². The Balaban J connectivity index is 2.04. The first-order chi connectivity index (χ1) is 9.76. The number of rotatable bonds is 5. The van der Waals surface area contributed by atoms with Gasteiger partial charge in [0, 0.05) is 13.2 Å². The van der Waals surface area contributed by atoms with Crippen LogP contribution in [-0.2, 0) is 17.6 Å². The summed E-state index contributed by atoms with van der Waals surface area (Å²) in [6, 6.07) is 0. The van der Waals surface area contributed by atoms with E-state index in [1.807, 2.05) is 13.8 Å². The highest BCUT2D eigenvalue weighted by Crippen LogP contribution is 2.14. The number of hydrogen-bond donors (Lipinski definition) is 1. The van der Waals surface area contributed by atoms with E-state index in [0.29, 0.717) is 18.0 Å². The Kier molecular flexibility index (Phi) is 5.47. The number of amides is 1. The van der Waals surface area contributed by atoms with Crippen LogP contribution in [0.15, 0.2) is 6.33 Å². The van der Waals surface area contributed by atoms with Gasteiger partial charge in [0.2, 0.25) is 0 Å². The molecule has 1 fully saturated rings. The fourth-order valence-corrected chi connectivity index (χ4v) is 2.56. The molecule has 1 atom stereocenters. The van der Waals surface area contributed by atoms with Gasteiger partial charge in [-0.3, -0.25) is 4.79 Å². The van der Waals surface area contributed by atoms with Crippen LogP contribution in [0.5, 0.6) is 0 Å². The number of aromatic nitrogens is 2. The zero-order valence-electron chi connectivity index (χ0n) is 12.3. The molecule has 1 aliphatic rings. The molecular weight excluding hydrogens is 254 g/mol. The Labute approximate surface area is 120 Å². The molecule has 110 valence electrons. The van der Waals surface area contributed by atoms with Crippen molar-refractivity contribution in [3.8, 4) is 0 Å². The molecule has 0 aliphatic carbocycles. The lowest BCUT2D eigenvalue weighted by Crippen LogP contribution is -2.34. The lowest BCUT2D eigenvalue weighted by atomic mass is 10.0. The van der Waals surface area contributed by atoms with Gasteiger partial charge >= 0.3 is 0 Å². The summed E-state index contributed by atoms with van der Waals surface area (Å²) in [5.41, 5.74) is 2.32. The maximum Gasteiger partial charge on any atom is 0.255 e. The SMILES string of the molecule is CCc1ncnc(CC)c1C(=O)NCC1CCCOC1. The van der Waals surface area contributed by atoms with Crippen LogP contribution >= 0.6 is 0 Å². The van der Waals surface area contributed by atoms with Crippen molar-refractivity contribution in [2.45, 2.75) is 39.5 Å². The summed E-state index contributed by atoms with van der Waals surface area (Å²) in [5, 5.41) is 3.02. The Morgan fingerprint density at radius 3 is 2.60 bits per heavy atom. The first-order valence-electron chi connectivity index (χ1n) is 7.44. The predicted molar refractivity (Wildman–Crippen MR) is 76.7 cm³/mol. The summed E-state index contributed by atoms with van der Waals surface area (Å²) in [7, 11) is 0. The Morgan fingerprint density at radius 2 is 2.05 bits per heavy atom. The van der Waals surface area contributed by atoms with Crippen LogP contribution in [0.25, 0.3) is 0 Å². The van der Waals surface area contributed by atoms with Gasteiger partial charge in [0.1, 0.15) is 6.33 Å². The lowest BCUT2D eigenvalue weighted by molar-refractivity contribution is 0.0536. The Bertz CT molecular complexity index is 434. The van der Waals surface area contributed by atoms with Crippen molar-refractivity contribution in [2.24, 2.45) is 5.92 Å². The number of nitrogens with one attached hydrogen (secondary N) is 1. The molecular formula is C15H23N3O2. The van der Waals surface area contributed by atoms with E-state index in [-0.39, 0.29) is 5.91 Å². The van der Waals surface area contributed by atoms with Crippen LogP contribution in [0.2, 0.25) is 0 Å². The maximum absolute atomic E-state index is 12.4. The summed E-state index contributed by atoms with van der Waals surface area (Å²) in [4.78, 5) is 20.9. The van der Waals surface area contributed by atoms with Gasteiger partial charge in [0.05, 0.1) is 23.6 Å². The van der Waals surface area contributed by atoms with E-state index in [9.17, 15) is 4.79 Å². The van der Waals surface area contributed by atoms with Crippen molar-refractivity contribution in [3.63, 3.8) is 0 Å². The van der Waals surface area contributed by atoms with Crippen LogP contribution in [0, 0.1) is 5.92 Å². The normalized spacial score (nSPS) is 18.8. The average molecular weight is 277 g/mol. The molecule has 0 aromatic carbocycles. The Hall–Kier alpha value is -1.49. The van der Waals surface area contributed by atoms with Crippen molar-refractivity contribution in [1.29, 1.82) is 0 Å². The maximum atomic E-state index is 12.4. The molecule has 2 rings (SSSR count). The molecule has 1 aromatic rings. The van der Waals surface area contributed by atoms with E-state index >= 15 is 0 Å². The first-order valence-corrected chi connectivity index (χ1v) is 7.44. The molecule has 5 heteroatoms. The molecule has 1 unspecified atom stereocenters. The fourth-order valence-electron chi connectivity index (χ4n) is 2.56. The monoisotopic (exact) mass is 277 g/mol. The summed E-state index contributed by atoms with van der Waals surface area (Å²) in [6.07, 6.45) is 5.22. The quantitative estimate of drug-likeness (QED) is 0.890. The zero-order valence-corrected chi connectivity index (χ0v) is 12.3. The topological polar surface area (TPSA) is 64.1 Å². The summed E-state index contributed by atoms with van der Waals surface area (Å²) < 4.78 is 5.43. The molecule has 0 radical (unpaired) electrons. The molecule has 0 saturated carbocycles. The minimum Gasteiger partial charge on any atom is -0.381 e. The van der Waals surface area contributed by atoms with Gasteiger partial charge < -0.3 is 10.1 Å². The third kappa shape index (κ3) is 3.54. The second-order valence-electron chi connectivity index (χ2n) is 5.14. The fraction of sp³-hybridized carbons (Fsp3) is 0.667. The minimum absolute atomic E-state index is 0.0510. The van der Waals surface area contributed by atoms with E-state index in [0.717, 1.165) is 50.3 Å². The van der Waals surface area contributed by atoms with Crippen molar-refractivity contribution >= 4 is 5.91 Å². The molecule has 2 heterocycles. The summed E-state index contributed by atoms with van der Waals surface area (Å²) in [6.45, 7) is 6.27. The molecule has 0 spiro atoms. The lowest BCUT2D eigenvalue weighted by Gasteiger charge is -2.22. The number of carbonyl (C=O) groups excluding carboxylic acids is 1. The molecule has 1 amide bonds. The number of ether oxygens (including phenoxy) is 1. The number of hydrogen-bond acceptors (Lipinski definition) is 4. The number of nitrogens with zero attached hydrogens (tertiary/aromatic N) is 2. The van der Waals surface area contributed by atoms with Crippen LogP contribution in [0.3, 0.4) is 0 Å². The van der Waals surface area contributed by atoms with Crippen LogP contribution in [-0.4, -0.2) is 35.6 Å². The van der Waals surface area contributed by atoms with Crippen LogP contribution in [0.1, 0.15) is 48.4 Å². The van der Waals surface area contributed by atoms with Gasteiger partial charge in [-0.1, -0.05) is 13.8 Å². The summed E-state index contributed by atoms with van der Waals surface area (Å²) >= 11 is 0. The van der Waals surface area contributed by atoms with Crippen molar-refractivity contribution < 1.29 is 9.53 Å². The van der Waals surface area contributed by atoms with E-state index in [2.05, 4.69) is 15.3 Å². The molecule has 0 bridgehead atoms. The minimum atomic E-state index is -0.0510. The third-order valence-corrected chi connectivity index (χ3v) is 3.71. The molecule has 20 heavy (non-hydrogen) atoms. The number of carbonyl (C=O) groups is 1. The highest BCUT2D eigenvalue weighted by atomic mass is 16.5. The molecule has 5 nitrogen and oxygen atoms in total. The van der Waals surface area contributed by atoms with Crippen molar-refractivity contribution in [3.05, 3.63) is 23.3 Å². The second kappa shape index (κ2) is 7.33. The molecule has 1 aliphatic heterocycles. The van der Waals surface area contributed by atoms with Crippen molar-refractivity contribution in [1.82, 2.24) is 15.3 Å². The largest absolute Gasteiger partial charge is 0.381 e. The van der Waals surface area contributed by atoms with Crippen LogP contribution in [0.4, 0.5) is 0 Å². The highest BCUT2D eigenvalue weighted by Gasteiger charge is 2.19. The van der Waals surface area contributed by atoms with Gasteiger partial charge in [-0.15, -0.1) is 0 Å². The van der Waals surface area contributed by atoms with E-state index in [1.165, 1.54) is 0 Å². The number of aryl methyl sites for hydroxylation is 2. The summed E-state index contributed by atoms with van der Waals surface area (Å²) in [5.74, 6) is 0.373. The van der Waals surface area contributed by atoms with Gasteiger partial charge in [-0.25, -0.2) is 9.97 Å². The van der Waals surface area contributed by atoms with Gasteiger partial charge in [-0.05, 0) is 31.6 Å². The molecule has 1 N–H and O–H groups in total.